The first-order chi connectivity index (χ1) is 8.49. The van der Waals surface area contributed by atoms with E-state index in [4.69, 9.17) is 5.73 Å². The highest BCUT2D eigenvalue weighted by molar-refractivity contribution is 5.95. The van der Waals surface area contributed by atoms with Crippen molar-refractivity contribution < 1.29 is 4.79 Å². The van der Waals surface area contributed by atoms with Gasteiger partial charge >= 0.3 is 0 Å². The van der Waals surface area contributed by atoms with Crippen LogP contribution in [0.25, 0.3) is 0 Å². The van der Waals surface area contributed by atoms with Crippen molar-refractivity contribution in [3.05, 3.63) is 23.9 Å². The van der Waals surface area contributed by atoms with E-state index >= 15 is 0 Å². The summed E-state index contributed by atoms with van der Waals surface area (Å²) in [7, 11) is 4.11. The fourth-order valence-electron chi connectivity index (χ4n) is 2.55. The second-order valence-corrected chi connectivity index (χ2v) is 5.19. The Hall–Kier alpha value is -1.62. The maximum absolute atomic E-state index is 12.3. The van der Waals surface area contributed by atoms with Gasteiger partial charge in [0.2, 0.25) is 0 Å². The molecular weight excluding hydrogens is 228 g/mol. The Morgan fingerprint density at radius 2 is 2.22 bits per heavy atom. The highest BCUT2D eigenvalue weighted by Crippen LogP contribution is 2.22. The number of anilines is 1. The topological polar surface area (TPSA) is 62.5 Å². The molecule has 1 aliphatic heterocycles. The van der Waals surface area contributed by atoms with Crippen LogP contribution in [0.1, 0.15) is 17.3 Å². The van der Waals surface area contributed by atoms with Gasteiger partial charge in [-0.1, -0.05) is 6.92 Å². The molecule has 5 heteroatoms. The van der Waals surface area contributed by atoms with E-state index in [0.717, 1.165) is 13.1 Å². The minimum Gasteiger partial charge on any atom is -0.384 e. The van der Waals surface area contributed by atoms with E-state index in [1.54, 1.807) is 18.3 Å². The molecule has 2 N–H and O–H groups in total. The third-order valence-electron chi connectivity index (χ3n) is 3.55. The van der Waals surface area contributed by atoms with Crippen LogP contribution < -0.4 is 5.73 Å². The first kappa shape index (κ1) is 12.8. The van der Waals surface area contributed by atoms with Crippen LogP contribution in [-0.2, 0) is 0 Å². The molecule has 0 bridgehead atoms. The van der Waals surface area contributed by atoms with Gasteiger partial charge in [0.15, 0.2) is 0 Å². The Bertz CT molecular complexity index is 446. The molecule has 2 atom stereocenters. The fourth-order valence-corrected chi connectivity index (χ4v) is 2.55. The predicted molar refractivity (Wildman–Crippen MR) is 71.2 cm³/mol. The summed E-state index contributed by atoms with van der Waals surface area (Å²) < 4.78 is 0. The molecule has 2 unspecified atom stereocenters. The Balaban J connectivity index is 2.12. The Labute approximate surface area is 108 Å². The van der Waals surface area contributed by atoms with Crippen molar-refractivity contribution in [2.45, 2.75) is 13.0 Å². The molecule has 0 saturated carbocycles. The molecule has 1 aromatic rings. The number of nitrogens with two attached hydrogens (primary N) is 1. The van der Waals surface area contributed by atoms with Crippen molar-refractivity contribution in [3.63, 3.8) is 0 Å². The van der Waals surface area contributed by atoms with E-state index in [0.29, 0.717) is 23.3 Å². The summed E-state index contributed by atoms with van der Waals surface area (Å²) in [6.07, 6.45) is 1.57. The van der Waals surface area contributed by atoms with Crippen molar-refractivity contribution in [3.8, 4) is 0 Å². The Kier molecular flexibility index (Phi) is 3.52. The molecule has 2 heterocycles. The maximum Gasteiger partial charge on any atom is 0.254 e. The summed E-state index contributed by atoms with van der Waals surface area (Å²) in [5.41, 5.74) is 6.23. The van der Waals surface area contributed by atoms with E-state index in [-0.39, 0.29) is 5.91 Å². The molecular formula is C13H20N4O. The van der Waals surface area contributed by atoms with E-state index in [1.807, 2.05) is 4.90 Å². The van der Waals surface area contributed by atoms with E-state index in [1.165, 1.54) is 0 Å². The molecule has 1 aromatic heterocycles. The van der Waals surface area contributed by atoms with E-state index < -0.39 is 0 Å². The van der Waals surface area contributed by atoms with Crippen LogP contribution in [0.5, 0.6) is 0 Å². The summed E-state index contributed by atoms with van der Waals surface area (Å²) in [5, 5.41) is 0. The van der Waals surface area contributed by atoms with Crippen molar-refractivity contribution in [2.24, 2.45) is 5.92 Å². The molecule has 5 nitrogen and oxygen atoms in total. The van der Waals surface area contributed by atoms with Gasteiger partial charge in [0.05, 0.1) is 0 Å². The van der Waals surface area contributed by atoms with Crippen LogP contribution in [0.3, 0.4) is 0 Å². The zero-order chi connectivity index (χ0) is 13.3. The normalized spacial score (nSPS) is 23.7. The zero-order valence-electron chi connectivity index (χ0n) is 11.1. The summed E-state index contributed by atoms with van der Waals surface area (Å²) in [6, 6.07) is 3.77. The van der Waals surface area contributed by atoms with Crippen molar-refractivity contribution in [1.29, 1.82) is 0 Å². The van der Waals surface area contributed by atoms with Crippen molar-refractivity contribution in [2.75, 3.05) is 32.9 Å². The molecule has 2 rings (SSSR count). The number of likely N-dealkylation sites (tertiary alicyclic amines) is 1. The van der Waals surface area contributed by atoms with Gasteiger partial charge in [-0.2, -0.15) is 0 Å². The average Bonchev–Trinajstić information content (AvgIpc) is 2.70. The number of aromatic nitrogens is 1. The summed E-state index contributed by atoms with van der Waals surface area (Å²) in [6.45, 7) is 3.75. The quantitative estimate of drug-likeness (QED) is 0.836. The van der Waals surface area contributed by atoms with Gasteiger partial charge in [-0.05, 0) is 32.1 Å². The van der Waals surface area contributed by atoms with Gasteiger partial charge in [-0.25, -0.2) is 4.98 Å². The largest absolute Gasteiger partial charge is 0.384 e. The van der Waals surface area contributed by atoms with Gasteiger partial charge in [0.1, 0.15) is 5.82 Å². The molecule has 0 radical (unpaired) electrons. The monoisotopic (exact) mass is 248 g/mol. The first-order valence-electron chi connectivity index (χ1n) is 6.16. The number of carbonyl (C=O) groups excluding carboxylic acids is 1. The van der Waals surface area contributed by atoms with Gasteiger partial charge in [-0.15, -0.1) is 0 Å². The number of likely N-dealkylation sites (N-methyl/N-ethyl adjacent to an activating group) is 1. The molecule has 1 amide bonds. The minimum absolute atomic E-state index is 0.0419. The average molecular weight is 248 g/mol. The number of nitrogen functional groups attached to an aromatic ring is 1. The van der Waals surface area contributed by atoms with Crippen molar-refractivity contribution >= 4 is 11.7 Å². The maximum atomic E-state index is 12.3. The third-order valence-corrected chi connectivity index (χ3v) is 3.55. The lowest BCUT2D eigenvalue weighted by molar-refractivity contribution is 0.0781. The molecule has 1 fully saturated rings. The van der Waals surface area contributed by atoms with Crippen LogP contribution in [-0.4, -0.2) is 53.9 Å². The lowest BCUT2D eigenvalue weighted by atomic mass is 10.1. The second-order valence-electron chi connectivity index (χ2n) is 5.19. The Morgan fingerprint density at radius 3 is 2.78 bits per heavy atom. The fraction of sp³-hybridized carbons (Fsp3) is 0.538. The summed E-state index contributed by atoms with van der Waals surface area (Å²) >= 11 is 0. The van der Waals surface area contributed by atoms with Gasteiger partial charge in [0.25, 0.3) is 5.91 Å². The van der Waals surface area contributed by atoms with Gasteiger partial charge < -0.3 is 15.5 Å². The predicted octanol–water partition coefficient (Wildman–Crippen LogP) is 0.686. The molecule has 0 aliphatic carbocycles. The van der Waals surface area contributed by atoms with E-state index in [2.05, 4.69) is 30.9 Å². The number of pyridine rings is 1. The summed E-state index contributed by atoms with van der Waals surface area (Å²) in [5.74, 6) is 0.917. The van der Waals surface area contributed by atoms with E-state index in [9.17, 15) is 4.79 Å². The van der Waals surface area contributed by atoms with Crippen LogP contribution in [0.2, 0.25) is 0 Å². The highest BCUT2D eigenvalue weighted by atomic mass is 16.2. The second kappa shape index (κ2) is 4.94. The standard InChI is InChI=1S/C13H20N4O/c1-9-7-17(8-11(9)16(2)3)13(18)10-4-5-15-12(14)6-10/h4-6,9,11H,7-8H2,1-3H3,(H2,14,15). The number of carbonyl (C=O) groups is 1. The lowest BCUT2D eigenvalue weighted by Gasteiger charge is -2.22. The minimum atomic E-state index is 0.0419. The SMILES string of the molecule is CC1CN(C(=O)c2ccnc(N)c2)CC1N(C)C. The van der Waals surface area contributed by atoms with Crippen molar-refractivity contribution in [1.82, 2.24) is 14.8 Å². The molecule has 0 aromatic carbocycles. The lowest BCUT2D eigenvalue weighted by Crippen LogP contribution is -2.35. The van der Waals surface area contributed by atoms with Crippen LogP contribution in [0, 0.1) is 5.92 Å². The van der Waals surface area contributed by atoms with Crippen LogP contribution in [0.15, 0.2) is 18.3 Å². The molecule has 1 saturated heterocycles. The smallest absolute Gasteiger partial charge is 0.254 e. The molecule has 1 aliphatic rings. The number of rotatable bonds is 2. The number of nitrogens with zero attached hydrogens (tertiary/aromatic N) is 3. The highest BCUT2D eigenvalue weighted by Gasteiger charge is 2.33. The zero-order valence-corrected chi connectivity index (χ0v) is 11.1. The molecule has 98 valence electrons. The van der Waals surface area contributed by atoms with Gasteiger partial charge in [-0.3, -0.25) is 4.79 Å². The first-order valence-corrected chi connectivity index (χ1v) is 6.16. The number of hydrogen-bond acceptors (Lipinski definition) is 4. The van der Waals surface area contributed by atoms with Crippen LogP contribution >= 0.6 is 0 Å². The third kappa shape index (κ3) is 2.46. The number of amides is 1. The summed E-state index contributed by atoms with van der Waals surface area (Å²) in [4.78, 5) is 20.3. The Morgan fingerprint density at radius 1 is 1.50 bits per heavy atom. The molecule has 18 heavy (non-hydrogen) atoms. The van der Waals surface area contributed by atoms with Gasteiger partial charge in [0, 0.05) is 30.9 Å². The number of hydrogen-bond donors (Lipinski definition) is 1. The van der Waals surface area contributed by atoms with Crippen LogP contribution in [0.4, 0.5) is 5.82 Å². The molecule has 0 spiro atoms.